The Balaban J connectivity index is 1.90. The maximum atomic E-state index is 13.1. The average Bonchev–Trinajstić information content (AvgIpc) is 2.81. The van der Waals surface area contributed by atoms with Gasteiger partial charge in [0, 0.05) is 43.5 Å². The molecule has 1 heterocycles. The molecule has 2 aromatic carbocycles. The highest BCUT2D eigenvalue weighted by Gasteiger charge is 2.22. The van der Waals surface area contributed by atoms with Crippen molar-refractivity contribution >= 4 is 17.5 Å². The van der Waals surface area contributed by atoms with E-state index in [1.54, 1.807) is 12.1 Å². The molecule has 0 radical (unpaired) electrons. The third-order valence-corrected chi connectivity index (χ3v) is 5.51. The number of aromatic hydroxyl groups is 1. The number of ketones is 1. The summed E-state index contributed by atoms with van der Waals surface area (Å²) in [5, 5.41) is 14.3. The summed E-state index contributed by atoms with van der Waals surface area (Å²) >= 11 is 0. The van der Waals surface area contributed by atoms with Crippen molar-refractivity contribution in [3.63, 3.8) is 0 Å². The van der Waals surface area contributed by atoms with Crippen molar-refractivity contribution in [1.29, 1.82) is 0 Å². The van der Waals surface area contributed by atoms with E-state index in [0.717, 1.165) is 43.0 Å². The third-order valence-electron chi connectivity index (χ3n) is 5.51. The van der Waals surface area contributed by atoms with Crippen LogP contribution >= 0.6 is 0 Å². The van der Waals surface area contributed by atoms with Gasteiger partial charge < -0.3 is 24.8 Å². The number of hydrogen-bond acceptors (Lipinski definition) is 6. The highest BCUT2D eigenvalue weighted by atomic mass is 16.5. The molecule has 0 aromatic heterocycles. The molecule has 0 atom stereocenters. The summed E-state index contributed by atoms with van der Waals surface area (Å²) in [6.45, 7) is 7.80. The summed E-state index contributed by atoms with van der Waals surface area (Å²) in [6, 6.07) is 9.75. The molecule has 6 nitrogen and oxygen atoms in total. The molecule has 3 rings (SSSR count). The van der Waals surface area contributed by atoms with E-state index in [2.05, 4.69) is 22.3 Å². The van der Waals surface area contributed by atoms with Crippen molar-refractivity contribution in [2.75, 3.05) is 45.3 Å². The Morgan fingerprint density at radius 1 is 1.12 bits per heavy atom. The number of allylic oxidation sites excluding steroid dienone is 3. The zero-order chi connectivity index (χ0) is 23.1. The maximum absolute atomic E-state index is 13.1. The van der Waals surface area contributed by atoms with Crippen molar-refractivity contribution in [3.05, 3.63) is 64.7 Å². The van der Waals surface area contributed by atoms with E-state index in [9.17, 15) is 9.90 Å². The number of phenolic OH excluding ortho intramolecular Hbond substituents is 1. The molecule has 1 fully saturated rings. The SMILES string of the molecule is COc1cc(OC)c(C(=O)/C=C/c2cccc(N3CCNCC3)c2)c(O)c1CC=C(C)C. The Labute approximate surface area is 190 Å². The lowest BCUT2D eigenvalue weighted by Crippen LogP contribution is -2.43. The van der Waals surface area contributed by atoms with Crippen LogP contribution in [-0.4, -0.2) is 51.3 Å². The van der Waals surface area contributed by atoms with Crippen LogP contribution in [0.15, 0.2) is 48.1 Å². The molecule has 0 aliphatic carbocycles. The average molecular weight is 437 g/mol. The van der Waals surface area contributed by atoms with Gasteiger partial charge in [-0.15, -0.1) is 0 Å². The molecule has 170 valence electrons. The Morgan fingerprint density at radius 3 is 2.50 bits per heavy atom. The van der Waals surface area contributed by atoms with Crippen LogP contribution < -0.4 is 19.7 Å². The van der Waals surface area contributed by atoms with E-state index in [1.807, 2.05) is 32.1 Å². The number of methoxy groups -OCH3 is 2. The number of benzene rings is 2. The first-order valence-electron chi connectivity index (χ1n) is 10.8. The summed E-state index contributed by atoms with van der Waals surface area (Å²) in [6.07, 6.45) is 5.69. The first-order chi connectivity index (χ1) is 15.4. The summed E-state index contributed by atoms with van der Waals surface area (Å²) in [5.74, 6) is 0.335. The van der Waals surface area contributed by atoms with Gasteiger partial charge in [0.25, 0.3) is 0 Å². The minimum absolute atomic E-state index is 0.108. The van der Waals surface area contributed by atoms with Crippen LogP contribution in [0.1, 0.15) is 35.3 Å². The molecule has 0 bridgehead atoms. The Bertz CT molecular complexity index is 1020. The van der Waals surface area contributed by atoms with Crippen molar-refractivity contribution < 1.29 is 19.4 Å². The van der Waals surface area contributed by atoms with Crippen LogP contribution in [0, 0.1) is 0 Å². The minimum atomic E-state index is -0.326. The van der Waals surface area contributed by atoms with E-state index >= 15 is 0 Å². The summed E-state index contributed by atoms with van der Waals surface area (Å²) in [5.41, 5.74) is 3.87. The van der Waals surface area contributed by atoms with Crippen LogP contribution in [-0.2, 0) is 6.42 Å². The molecule has 0 spiro atoms. The molecule has 0 saturated carbocycles. The fourth-order valence-electron chi connectivity index (χ4n) is 3.75. The van der Waals surface area contributed by atoms with E-state index in [4.69, 9.17) is 9.47 Å². The normalized spacial score (nSPS) is 13.8. The van der Waals surface area contributed by atoms with Gasteiger partial charge in [-0.25, -0.2) is 0 Å². The summed E-state index contributed by atoms with van der Waals surface area (Å²) in [4.78, 5) is 15.4. The molecule has 1 aliphatic heterocycles. The molecule has 1 saturated heterocycles. The number of nitrogens with one attached hydrogen (secondary N) is 1. The monoisotopic (exact) mass is 436 g/mol. The molecular weight excluding hydrogens is 404 g/mol. The standard InChI is InChI=1S/C26H32N2O4/c1-18(2)8-10-21-23(31-3)17-24(32-4)25(26(21)30)22(29)11-9-19-6-5-7-20(16-19)28-14-12-27-13-15-28/h5-9,11,16-17,27,30H,10,12-15H2,1-4H3/b11-9+. The van der Waals surface area contributed by atoms with E-state index in [0.29, 0.717) is 17.7 Å². The van der Waals surface area contributed by atoms with Crippen LogP contribution in [0.25, 0.3) is 6.08 Å². The number of piperazine rings is 1. The molecule has 0 amide bonds. The Hall–Kier alpha value is -3.25. The first kappa shape index (κ1) is 23.4. The molecular formula is C26H32N2O4. The van der Waals surface area contributed by atoms with Crippen LogP contribution in [0.4, 0.5) is 5.69 Å². The molecule has 1 aliphatic rings. The second-order valence-electron chi connectivity index (χ2n) is 8.00. The number of hydrogen-bond donors (Lipinski definition) is 2. The van der Waals surface area contributed by atoms with Gasteiger partial charge in [-0.05, 0) is 44.0 Å². The van der Waals surface area contributed by atoms with Crippen LogP contribution in [0.3, 0.4) is 0 Å². The Morgan fingerprint density at radius 2 is 1.84 bits per heavy atom. The van der Waals surface area contributed by atoms with Gasteiger partial charge in [0.2, 0.25) is 0 Å². The van der Waals surface area contributed by atoms with Gasteiger partial charge in [-0.2, -0.15) is 0 Å². The second kappa shape index (κ2) is 10.9. The number of nitrogens with zero attached hydrogens (tertiary/aromatic N) is 1. The quantitative estimate of drug-likeness (QED) is 0.367. The zero-order valence-corrected chi connectivity index (χ0v) is 19.3. The number of carbonyl (C=O) groups excluding carboxylic acids is 1. The van der Waals surface area contributed by atoms with E-state index < -0.39 is 0 Å². The van der Waals surface area contributed by atoms with Gasteiger partial charge in [0.05, 0.1) is 14.2 Å². The zero-order valence-electron chi connectivity index (χ0n) is 19.3. The van der Waals surface area contributed by atoms with Gasteiger partial charge in [-0.1, -0.05) is 29.9 Å². The first-order valence-corrected chi connectivity index (χ1v) is 10.8. The summed E-state index contributed by atoms with van der Waals surface area (Å²) in [7, 11) is 3.01. The lowest BCUT2D eigenvalue weighted by Gasteiger charge is -2.29. The van der Waals surface area contributed by atoms with Crippen molar-refractivity contribution in [1.82, 2.24) is 5.32 Å². The van der Waals surface area contributed by atoms with E-state index in [1.165, 1.54) is 20.3 Å². The fourth-order valence-corrected chi connectivity index (χ4v) is 3.75. The van der Waals surface area contributed by atoms with Gasteiger partial charge in [0.1, 0.15) is 22.8 Å². The Kier molecular flexibility index (Phi) is 7.95. The molecule has 6 heteroatoms. The topological polar surface area (TPSA) is 71.0 Å². The number of phenols is 1. The van der Waals surface area contributed by atoms with Gasteiger partial charge in [0.15, 0.2) is 5.78 Å². The highest BCUT2D eigenvalue weighted by molar-refractivity contribution is 6.11. The highest BCUT2D eigenvalue weighted by Crippen LogP contribution is 2.39. The van der Waals surface area contributed by atoms with Crippen molar-refractivity contribution in [3.8, 4) is 17.2 Å². The van der Waals surface area contributed by atoms with Crippen molar-refractivity contribution in [2.45, 2.75) is 20.3 Å². The van der Waals surface area contributed by atoms with Crippen LogP contribution in [0.2, 0.25) is 0 Å². The fraction of sp³-hybridized carbons (Fsp3) is 0.346. The lowest BCUT2D eigenvalue weighted by molar-refractivity contribution is 0.104. The number of anilines is 1. The van der Waals surface area contributed by atoms with Crippen LogP contribution in [0.5, 0.6) is 17.2 Å². The predicted molar refractivity (Wildman–Crippen MR) is 129 cm³/mol. The molecule has 2 N–H and O–H groups in total. The molecule has 0 unspecified atom stereocenters. The number of ether oxygens (including phenoxy) is 2. The summed E-state index contributed by atoms with van der Waals surface area (Å²) < 4.78 is 10.8. The number of carbonyl (C=O) groups is 1. The van der Waals surface area contributed by atoms with Crippen molar-refractivity contribution in [2.24, 2.45) is 0 Å². The van der Waals surface area contributed by atoms with Gasteiger partial charge in [-0.3, -0.25) is 4.79 Å². The number of rotatable bonds is 8. The van der Waals surface area contributed by atoms with Gasteiger partial charge >= 0.3 is 0 Å². The lowest BCUT2D eigenvalue weighted by atomic mass is 9.99. The third kappa shape index (κ3) is 5.51. The second-order valence-corrected chi connectivity index (χ2v) is 8.00. The minimum Gasteiger partial charge on any atom is -0.507 e. The van der Waals surface area contributed by atoms with E-state index in [-0.39, 0.29) is 22.8 Å². The maximum Gasteiger partial charge on any atom is 0.193 e. The molecule has 32 heavy (non-hydrogen) atoms. The predicted octanol–water partition coefficient (Wildman–Crippen LogP) is 4.22. The molecule has 2 aromatic rings. The smallest absolute Gasteiger partial charge is 0.193 e. The largest absolute Gasteiger partial charge is 0.507 e.